The van der Waals surface area contributed by atoms with E-state index in [9.17, 15) is 4.79 Å². The number of esters is 1. The average molecular weight is 297 g/mol. The van der Waals surface area contributed by atoms with E-state index >= 15 is 0 Å². The van der Waals surface area contributed by atoms with Crippen LogP contribution in [0.2, 0.25) is 5.02 Å². The molecular formula is C13H13ClN2O4. The maximum Gasteiger partial charge on any atom is 0.360 e. The summed E-state index contributed by atoms with van der Waals surface area (Å²) in [6, 6.07) is 3.38. The largest absolute Gasteiger partial charge is 0.493 e. The minimum atomic E-state index is -0.610. The molecule has 0 radical (unpaired) electrons. The molecule has 0 amide bonds. The second-order valence-corrected chi connectivity index (χ2v) is 4.16. The van der Waals surface area contributed by atoms with Gasteiger partial charge in [-0.25, -0.2) is 4.79 Å². The molecule has 20 heavy (non-hydrogen) atoms. The molecule has 106 valence electrons. The van der Waals surface area contributed by atoms with E-state index in [1.807, 2.05) is 0 Å². The van der Waals surface area contributed by atoms with Gasteiger partial charge in [-0.05, 0) is 19.1 Å². The summed E-state index contributed by atoms with van der Waals surface area (Å²) in [7, 11) is 3.01. The van der Waals surface area contributed by atoms with E-state index in [2.05, 4.69) is 10.2 Å². The molecule has 0 aliphatic heterocycles. The molecular weight excluding hydrogens is 284 g/mol. The summed E-state index contributed by atoms with van der Waals surface area (Å²) in [5, 5.41) is 8.52. The molecule has 0 atom stereocenters. The normalized spacial score (nSPS) is 10.4. The fourth-order valence-electron chi connectivity index (χ4n) is 1.79. The first-order valence-corrected chi connectivity index (χ1v) is 6.25. The summed E-state index contributed by atoms with van der Waals surface area (Å²) in [6.45, 7) is 1.94. The summed E-state index contributed by atoms with van der Waals surface area (Å²) in [5.41, 5.74) is 0.401. The van der Waals surface area contributed by atoms with Crippen LogP contribution in [0, 0.1) is 0 Å². The Hall–Kier alpha value is -2.08. The van der Waals surface area contributed by atoms with E-state index in [1.165, 1.54) is 14.2 Å². The van der Waals surface area contributed by atoms with Crippen molar-refractivity contribution in [3.63, 3.8) is 0 Å². The van der Waals surface area contributed by atoms with Crippen molar-refractivity contribution in [3.05, 3.63) is 22.8 Å². The van der Waals surface area contributed by atoms with Gasteiger partial charge in [-0.15, -0.1) is 10.2 Å². The van der Waals surface area contributed by atoms with Crippen molar-refractivity contribution < 1.29 is 19.0 Å². The summed E-state index contributed by atoms with van der Waals surface area (Å²) < 4.78 is 15.3. The molecule has 7 heteroatoms. The number of aromatic nitrogens is 2. The number of carbonyl (C=O) groups excluding carboxylic acids is 1. The molecule has 0 saturated carbocycles. The highest BCUT2D eigenvalue weighted by atomic mass is 35.5. The zero-order valence-electron chi connectivity index (χ0n) is 11.3. The first kappa shape index (κ1) is 14.3. The zero-order valence-corrected chi connectivity index (χ0v) is 12.0. The van der Waals surface area contributed by atoms with Crippen LogP contribution >= 0.6 is 11.6 Å². The van der Waals surface area contributed by atoms with Crippen molar-refractivity contribution in [1.29, 1.82) is 0 Å². The Bertz CT molecular complexity index is 660. The van der Waals surface area contributed by atoms with Gasteiger partial charge in [-0.2, -0.15) is 0 Å². The number of hydrogen-bond donors (Lipinski definition) is 0. The van der Waals surface area contributed by atoms with Gasteiger partial charge in [0.2, 0.25) is 0 Å². The lowest BCUT2D eigenvalue weighted by Crippen LogP contribution is -2.09. The third-order valence-electron chi connectivity index (χ3n) is 2.68. The molecule has 0 spiro atoms. The van der Waals surface area contributed by atoms with E-state index in [4.69, 9.17) is 25.8 Å². The monoisotopic (exact) mass is 296 g/mol. The quantitative estimate of drug-likeness (QED) is 0.807. The van der Waals surface area contributed by atoms with Gasteiger partial charge >= 0.3 is 5.97 Å². The van der Waals surface area contributed by atoms with Crippen LogP contribution < -0.4 is 9.47 Å². The van der Waals surface area contributed by atoms with Gasteiger partial charge in [0.1, 0.15) is 5.52 Å². The lowest BCUT2D eigenvalue weighted by atomic mass is 10.2. The molecule has 1 aromatic heterocycles. The molecule has 6 nitrogen and oxygen atoms in total. The topological polar surface area (TPSA) is 70.5 Å². The highest BCUT2D eigenvalue weighted by Gasteiger charge is 2.20. The van der Waals surface area contributed by atoms with Gasteiger partial charge < -0.3 is 14.2 Å². The van der Waals surface area contributed by atoms with Gasteiger partial charge in [0.05, 0.1) is 25.8 Å². The first-order valence-electron chi connectivity index (χ1n) is 5.88. The van der Waals surface area contributed by atoms with Gasteiger partial charge in [0.25, 0.3) is 0 Å². The highest BCUT2D eigenvalue weighted by molar-refractivity contribution is 6.38. The second kappa shape index (κ2) is 5.92. The standard InChI is InChI=1S/C13H13ClN2O4/c1-4-20-13(17)11-9(14)7-5-6-8(18-2)12(19-3)10(7)15-16-11/h5-6H,4H2,1-3H3. The van der Waals surface area contributed by atoms with Crippen LogP contribution in [0.1, 0.15) is 17.4 Å². The van der Waals surface area contributed by atoms with Crippen LogP contribution in [-0.2, 0) is 4.74 Å². The van der Waals surface area contributed by atoms with Crippen LogP contribution in [0.25, 0.3) is 10.9 Å². The highest BCUT2D eigenvalue weighted by Crippen LogP contribution is 2.37. The van der Waals surface area contributed by atoms with E-state index in [-0.39, 0.29) is 17.3 Å². The van der Waals surface area contributed by atoms with E-state index in [0.717, 1.165) is 0 Å². The Morgan fingerprint density at radius 3 is 2.60 bits per heavy atom. The second-order valence-electron chi connectivity index (χ2n) is 3.78. The van der Waals surface area contributed by atoms with Crippen LogP contribution in [0.5, 0.6) is 11.5 Å². The fraction of sp³-hybridized carbons (Fsp3) is 0.308. The SMILES string of the molecule is CCOC(=O)c1nnc2c(OC)c(OC)ccc2c1Cl. The van der Waals surface area contributed by atoms with Crippen molar-refractivity contribution in [2.24, 2.45) is 0 Å². The number of nitrogens with zero attached hydrogens (tertiary/aromatic N) is 2. The molecule has 0 unspecified atom stereocenters. The Labute approximate surface area is 120 Å². The van der Waals surface area contributed by atoms with Gasteiger partial charge in [0, 0.05) is 5.39 Å². The molecule has 0 bridgehead atoms. The third-order valence-corrected chi connectivity index (χ3v) is 3.07. The molecule has 0 N–H and O–H groups in total. The van der Waals surface area contributed by atoms with Gasteiger partial charge in [-0.3, -0.25) is 0 Å². The number of rotatable bonds is 4. The van der Waals surface area contributed by atoms with Gasteiger partial charge in [0.15, 0.2) is 17.2 Å². The number of methoxy groups -OCH3 is 2. The third kappa shape index (κ3) is 2.34. The predicted molar refractivity (Wildman–Crippen MR) is 73.6 cm³/mol. The van der Waals surface area contributed by atoms with Crippen LogP contribution in [0.15, 0.2) is 12.1 Å². The molecule has 2 aromatic rings. The molecule has 0 aliphatic rings. The summed E-state index contributed by atoms with van der Waals surface area (Å²) in [5.74, 6) is 0.311. The van der Waals surface area contributed by atoms with Crippen molar-refractivity contribution in [2.75, 3.05) is 20.8 Å². The molecule has 0 aliphatic carbocycles. The van der Waals surface area contributed by atoms with Crippen molar-refractivity contribution >= 4 is 28.5 Å². The van der Waals surface area contributed by atoms with Gasteiger partial charge in [-0.1, -0.05) is 11.6 Å². The molecule has 1 aromatic carbocycles. The zero-order chi connectivity index (χ0) is 14.7. The number of benzene rings is 1. The molecule has 0 fully saturated rings. The Morgan fingerprint density at radius 1 is 1.25 bits per heavy atom. The number of fused-ring (bicyclic) bond motifs is 1. The van der Waals surface area contributed by atoms with Crippen molar-refractivity contribution in [3.8, 4) is 11.5 Å². The fourth-order valence-corrected chi connectivity index (χ4v) is 2.06. The van der Waals surface area contributed by atoms with Crippen molar-refractivity contribution in [2.45, 2.75) is 6.92 Å². The molecule has 1 heterocycles. The summed E-state index contributed by atoms with van der Waals surface area (Å²) >= 11 is 6.20. The Morgan fingerprint density at radius 2 is 2.00 bits per heavy atom. The summed E-state index contributed by atoms with van der Waals surface area (Å²) in [6.07, 6.45) is 0. The lowest BCUT2D eigenvalue weighted by Gasteiger charge is -2.11. The van der Waals surface area contributed by atoms with Crippen LogP contribution in [0.3, 0.4) is 0 Å². The minimum Gasteiger partial charge on any atom is -0.493 e. The van der Waals surface area contributed by atoms with Crippen molar-refractivity contribution in [1.82, 2.24) is 10.2 Å². The minimum absolute atomic E-state index is 0.0202. The number of halogens is 1. The van der Waals surface area contributed by atoms with Crippen LogP contribution in [-0.4, -0.2) is 37.0 Å². The number of ether oxygens (including phenoxy) is 3. The number of hydrogen-bond acceptors (Lipinski definition) is 6. The molecule has 0 saturated heterocycles. The maximum absolute atomic E-state index is 11.7. The first-order chi connectivity index (χ1) is 9.63. The predicted octanol–water partition coefficient (Wildman–Crippen LogP) is 2.48. The van der Waals surface area contributed by atoms with Crippen LogP contribution in [0.4, 0.5) is 0 Å². The van der Waals surface area contributed by atoms with E-state index < -0.39 is 5.97 Å². The maximum atomic E-state index is 11.7. The van der Waals surface area contributed by atoms with E-state index in [1.54, 1.807) is 19.1 Å². The van der Waals surface area contributed by atoms with E-state index in [0.29, 0.717) is 22.4 Å². The Kier molecular flexibility index (Phi) is 4.24. The summed E-state index contributed by atoms with van der Waals surface area (Å²) in [4.78, 5) is 11.7. The number of carbonyl (C=O) groups is 1. The smallest absolute Gasteiger partial charge is 0.360 e. The molecule has 2 rings (SSSR count). The average Bonchev–Trinajstić information content (AvgIpc) is 2.46. The lowest BCUT2D eigenvalue weighted by molar-refractivity contribution is 0.0518. The Balaban J connectivity index is 2.66.